The summed E-state index contributed by atoms with van der Waals surface area (Å²) in [5, 5.41) is 13.3. The fourth-order valence-corrected chi connectivity index (χ4v) is 3.88. The third-order valence-corrected chi connectivity index (χ3v) is 5.70. The number of rotatable bonds is 9. The summed E-state index contributed by atoms with van der Waals surface area (Å²) in [6.07, 6.45) is 5.23. The number of hydrogen-bond donors (Lipinski definition) is 1. The van der Waals surface area contributed by atoms with Crippen molar-refractivity contribution in [3.8, 4) is 22.8 Å². The molecule has 0 unspecified atom stereocenters. The van der Waals surface area contributed by atoms with Crippen molar-refractivity contribution in [1.82, 2.24) is 20.2 Å². The minimum absolute atomic E-state index is 0.142. The zero-order valence-corrected chi connectivity index (χ0v) is 19.4. The van der Waals surface area contributed by atoms with Crippen LogP contribution in [-0.2, 0) is 4.79 Å². The summed E-state index contributed by atoms with van der Waals surface area (Å²) in [4.78, 5) is 12.3. The number of nitrogens with one attached hydrogen (secondary N) is 1. The molecule has 8 heteroatoms. The number of carbonyl (C=O) groups excluding carboxylic acids is 1. The molecule has 4 aromatic rings. The first-order valence-electron chi connectivity index (χ1n) is 10.6. The zero-order chi connectivity index (χ0) is 23.6. The highest BCUT2D eigenvalue weighted by molar-refractivity contribution is 7.99. The van der Waals surface area contributed by atoms with Crippen LogP contribution in [0.5, 0.6) is 5.75 Å². The molecule has 0 aliphatic rings. The van der Waals surface area contributed by atoms with E-state index in [0.717, 1.165) is 22.6 Å². The number of ether oxygens (including phenoxy) is 1. The SMILES string of the molecule is COc1ccc(-n2c(SCC(=O)N/N=C/C=C/c3ccccc3)nnc2-c2ccccc2)cc1. The summed E-state index contributed by atoms with van der Waals surface area (Å²) < 4.78 is 7.20. The van der Waals surface area contributed by atoms with Crippen molar-refractivity contribution < 1.29 is 9.53 Å². The lowest BCUT2D eigenvalue weighted by molar-refractivity contribution is -0.118. The van der Waals surface area contributed by atoms with Crippen molar-refractivity contribution >= 4 is 30.0 Å². The van der Waals surface area contributed by atoms with Gasteiger partial charge in [-0.2, -0.15) is 5.10 Å². The molecular weight excluding hydrogens is 446 g/mol. The predicted molar refractivity (Wildman–Crippen MR) is 136 cm³/mol. The first-order valence-corrected chi connectivity index (χ1v) is 11.5. The van der Waals surface area contributed by atoms with Gasteiger partial charge in [-0.15, -0.1) is 10.2 Å². The van der Waals surface area contributed by atoms with Crippen LogP contribution in [0.4, 0.5) is 0 Å². The van der Waals surface area contributed by atoms with Crippen molar-refractivity contribution in [2.75, 3.05) is 12.9 Å². The van der Waals surface area contributed by atoms with Crippen LogP contribution in [0.25, 0.3) is 23.2 Å². The van der Waals surface area contributed by atoms with Crippen LogP contribution >= 0.6 is 11.8 Å². The number of allylic oxidation sites excluding steroid dienone is 1. The number of thioether (sulfide) groups is 1. The van der Waals surface area contributed by atoms with Crippen molar-refractivity contribution in [1.29, 1.82) is 0 Å². The molecule has 1 N–H and O–H groups in total. The Morgan fingerprint density at radius 3 is 2.41 bits per heavy atom. The van der Waals surface area contributed by atoms with Gasteiger partial charge in [0.2, 0.25) is 0 Å². The third kappa shape index (κ3) is 5.99. The first-order chi connectivity index (χ1) is 16.7. The fraction of sp³-hybridized carbons (Fsp3) is 0.0769. The van der Waals surface area contributed by atoms with Crippen LogP contribution in [0.1, 0.15) is 5.56 Å². The van der Waals surface area contributed by atoms with E-state index in [2.05, 4.69) is 20.7 Å². The van der Waals surface area contributed by atoms with Crippen LogP contribution < -0.4 is 10.2 Å². The molecule has 0 bridgehead atoms. The molecule has 170 valence electrons. The summed E-state index contributed by atoms with van der Waals surface area (Å²) >= 11 is 1.29. The first kappa shape index (κ1) is 23.0. The van der Waals surface area contributed by atoms with E-state index < -0.39 is 0 Å². The minimum Gasteiger partial charge on any atom is -0.497 e. The summed E-state index contributed by atoms with van der Waals surface area (Å²) in [5.74, 6) is 1.35. The number of methoxy groups -OCH3 is 1. The average molecular weight is 470 g/mol. The predicted octanol–water partition coefficient (Wildman–Crippen LogP) is 4.85. The molecule has 0 fully saturated rings. The highest BCUT2D eigenvalue weighted by Crippen LogP contribution is 2.28. The van der Waals surface area contributed by atoms with E-state index in [0.29, 0.717) is 11.0 Å². The average Bonchev–Trinajstić information content (AvgIpc) is 3.32. The maximum Gasteiger partial charge on any atom is 0.250 e. The second kappa shape index (κ2) is 11.6. The molecular formula is C26H23N5O2S. The van der Waals surface area contributed by atoms with Gasteiger partial charge in [-0.05, 0) is 35.9 Å². The lowest BCUT2D eigenvalue weighted by Crippen LogP contribution is -2.19. The van der Waals surface area contributed by atoms with Gasteiger partial charge in [0.05, 0.1) is 12.9 Å². The molecule has 0 aliphatic carbocycles. The molecule has 1 aromatic heterocycles. The molecule has 34 heavy (non-hydrogen) atoms. The molecule has 0 saturated carbocycles. The molecule has 0 saturated heterocycles. The van der Waals surface area contributed by atoms with Gasteiger partial charge in [0.1, 0.15) is 5.75 Å². The molecule has 1 heterocycles. The molecule has 0 aliphatic heterocycles. The molecule has 0 spiro atoms. The fourth-order valence-electron chi connectivity index (χ4n) is 3.13. The molecule has 1 amide bonds. The summed E-state index contributed by atoms with van der Waals surface area (Å²) in [6.45, 7) is 0. The zero-order valence-electron chi connectivity index (χ0n) is 18.5. The van der Waals surface area contributed by atoms with E-state index in [1.165, 1.54) is 11.8 Å². The molecule has 7 nitrogen and oxygen atoms in total. The van der Waals surface area contributed by atoms with Crippen molar-refractivity contribution in [2.24, 2.45) is 5.10 Å². The maximum atomic E-state index is 12.3. The number of hydrogen-bond acceptors (Lipinski definition) is 6. The smallest absolute Gasteiger partial charge is 0.250 e. The lowest BCUT2D eigenvalue weighted by atomic mass is 10.2. The minimum atomic E-state index is -0.236. The van der Waals surface area contributed by atoms with E-state index in [1.54, 1.807) is 19.4 Å². The summed E-state index contributed by atoms with van der Waals surface area (Å²) in [6, 6.07) is 27.3. The van der Waals surface area contributed by atoms with Crippen molar-refractivity contribution in [3.05, 3.63) is 96.6 Å². The van der Waals surface area contributed by atoms with Crippen molar-refractivity contribution in [3.63, 3.8) is 0 Å². The number of amides is 1. The number of carbonyl (C=O) groups is 1. The van der Waals surface area contributed by atoms with Crippen LogP contribution in [-0.4, -0.2) is 39.7 Å². The molecule has 3 aromatic carbocycles. The lowest BCUT2D eigenvalue weighted by Gasteiger charge is -2.11. The Morgan fingerprint density at radius 1 is 1.00 bits per heavy atom. The van der Waals surface area contributed by atoms with Gasteiger partial charge in [0, 0.05) is 17.5 Å². The Hall–Kier alpha value is -4.17. The Bertz CT molecular complexity index is 1270. The number of hydrazone groups is 1. The van der Waals surface area contributed by atoms with E-state index in [4.69, 9.17) is 4.74 Å². The van der Waals surface area contributed by atoms with Gasteiger partial charge >= 0.3 is 0 Å². The summed E-state index contributed by atoms with van der Waals surface area (Å²) in [7, 11) is 1.63. The molecule has 0 atom stereocenters. The second-order valence-electron chi connectivity index (χ2n) is 7.08. The Kier molecular flexibility index (Phi) is 7.86. The van der Waals surface area contributed by atoms with Gasteiger partial charge in [0.15, 0.2) is 11.0 Å². The van der Waals surface area contributed by atoms with E-state index >= 15 is 0 Å². The third-order valence-electron chi connectivity index (χ3n) is 4.77. The highest BCUT2D eigenvalue weighted by atomic mass is 32.2. The van der Waals surface area contributed by atoms with Gasteiger partial charge in [-0.25, -0.2) is 5.43 Å². The van der Waals surface area contributed by atoms with Gasteiger partial charge in [0.25, 0.3) is 5.91 Å². The van der Waals surface area contributed by atoms with Crippen molar-refractivity contribution in [2.45, 2.75) is 5.16 Å². The normalized spacial score (nSPS) is 11.2. The molecule has 4 rings (SSSR count). The Morgan fingerprint density at radius 2 is 1.71 bits per heavy atom. The summed E-state index contributed by atoms with van der Waals surface area (Å²) in [5.41, 5.74) is 5.39. The van der Waals surface area contributed by atoms with Gasteiger partial charge < -0.3 is 4.74 Å². The van der Waals surface area contributed by atoms with Crippen LogP contribution in [0.15, 0.2) is 101 Å². The standard InChI is InChI=1S/C26H23N5O2S/c1-33-23-16-14-22(15-17-23)31-25(21-12-6-3-7-13-21)29-30-26(31)34-19-24(32)28-27-18-8-11-20-9-4-2-5-10-20/h2-18H,19H2,1H3,(H,28,32)/b11-8+,27-18+. The Labute approximate surface area is 202 Å². The van der Waals surface area contributed by atoms with E-state index in [-0.39, 0.29) is 11.7 Å². The van der Waals surface area contributed by atoms with Crippen LogP contribution in [0.3, 0.4) is 0 Å². The van der Waals surface area contributed by atoms with Gasteiger partial charge in [-0.1, -0.05) is 78.5 Å². The van der Waals surface area contributed by atoms with Crippen LogP contribution in [0, 0.1) is 0 Å². The van der Waals surface area contributed by atoms with Gasteiger partial charge in [-0.3, -0.25) is 9.36 Å². The van der Waals surface area contributed by atoms with E-state index in [9.17, 15) is 4.79 Å². The van der Waals surface area contributed by atoms with E-state index in [1.807, 2.05) is 95.6 Å². The number of nitrogens with zero attached hydrogens (tertiary/aromatic N) is 4. The number of aromatic nitrogens is 3. The van der Waals surface area contributed by atoms with Crippen LogP contribution in [0.2, 0.25) is 0 Å². The monoisotopic (exact) mass is 469 g/mol. The number of benzene rings is 3. The topological polar surface area (TPSA) is 81.4 Å². The second-order valence-corrected chi connectivity index (χ2v) is 8.02. The quantitative estimate of drug-likeness (QED) is 0.215. The highest BCUT2D eigenvalue weighted by Gasteiger charge is 2.17. The molecule has 0 radical (unpaired) electrons. The Balaban J connectivity index is 1.45. The largest absolute Gasteiger partial charge is 0.497 e. The maximum absolute atomic E-state index is 12.3.